The molecule has 0 saturated heterocycles. The first kappa shape index (κ1) is 15.3. The zero-order valence-corrected chi connectivity index (χ0v) is 12.8. The van der Waals surface area contributed by atoms with E-state index in [1.54, 1.807) is 48.7 Å². The van der Waals surface area contributed by atoms with E-state index in [9.17, 15) is 4.79 Å². The SMILES string of the molecule is [C-]#[N+]c1ccc(Nc2ncc(-c3cccc(C(=O)OC)c3)o2)cc1. The second-order valence-corrected chi connectivity index (χ2v) is 4.89. The molecule has 0 aliphatic rings. The first-order chi connectivity index (χ1) is 11.7. The molecule has 0 atom stereocenters. The molecule has 0 spiro atoms. The molecule has 0 radical (unpaired) electrons. The van der Waals surface area contributed by atoms with Crippen LogP contribution in [0.15, 0.2) is 59.1 Å². The van der Waals surface area contributed by atoms with Crippen LogP contribution in [0.4, 0.5) is 17.4 Å². The van der Waals surface area contributed by atoms with Crippen molar-refractivity contribution < 1.29 is 13.9 Å². The number of esters is 1. The Kier molecular flexibility index (Phi) is 4.25. The maximum Gasteiger partial charge on any atom is 0.337 e. The number of nitrogens with one attached hydrogen (secondary N) is 1. The summed E-state index contributed by atoms with van der Waals surface area (Å²) in [7, 11) is 1.34. The van der Waals surface area contributed by atoms with Gasteiger partial charge in [-0.05, 0) is 24.3 Å². The molecule has 6 heteroatoms. The standard InChI is InChI=1S/C18H13N3O3/c1-19-14-6-8-15(9-7-14)21-18-20-11-16(24-18)12-4-3-5-13(10-12)17(22)23-2/h3-11H,2H3,(H,20,21). The van der Waals surface area contributed by atoms with E-state index in [1.165, 1.54) is 7.11 Å². The molecule has 0 aliphatic carbocycles. The van der Waals surface area contributed by atoms with Crippen LogP contribution in [-0.2, 0) is 4.74 Å². The number of benzene rings is 2. The highest BCUT2D eigenvalue weighted by Crippen LogP contribution is 2.26. The summed E-state index contributed by atoms with van der Waals surface area (Å²) in [6.45, 7) is 6.94. The summed E-state index contributed by atoms with van der Waals surface area (Å²) >= 11 is 0. The van der Waals surface area contributed by atoms with Gasteiger partial charge in [0.25, 0.3) is 6.01 Å². The van der Waals surface area contributed by atoms with Crippen molar-refractivity contribution >= 4 is 23.4 Å². The first-order valence-corrected chi connectivity index (χ1v) is 7.09. The van der Waals surface area contributed by atoms with Gasteiger partial charge in [-0.1, -0.05) is 24.3 Å². The van der Waals surface area contributed by atoms with Gasteiger partial charge in [0.15, 0.2) is 11.4 Å². The maximum atomic E-state index is 11.6. The monoisotopic (exact) mass is 319 g/mol. The minimum absolute atomic E-state index is 0.323. The molecule has 0 amide bonds. The van der Waals surface area contributed by atoms with Gasteiger partial charge in [0.2, 0.25) is 0 Å². The highest BCUT2D eigenvalue weighted by atomic mass is 16.5. The van der Waals surface area contributed by atoms with Gasteiger partial charge in [-0.3, -0.25) is 0 Å². The van der Waals surface area contributed by atoms with Gasteiger partial charge in [-0.25, -0.2) is 14.6 Å². The maximum absolute atomic E-state index is 11.6. The van der Waals surface area contributed by atoms with Gasteiger partial charge >= 0.3 is 5.97 Å². The Hall–Kier alpha value is -3.59. The lowest BCUT2D eigenvalue weighted by Gasteiger charge is -2.02. The fraction of sp³-hybridized carbons (Fsp3) is 0.0556. The summed E-state index contributed by atoms with van der Waals surface area (Å²) in [5.41, 5.74) is 2.49. The van der Waals surface area contributed by atoms with Crippen LogP contribution in [0.2, 0.25) is 0 Å². The Labute approximate surface area is 138 Å². The van der Waals surface area contributed by atoms with E-state index >= 15 is 0 Å². The lowest BCUT2D eigenvalue weighted by atomic mass is 10.1. The number of aromatic nitrogens is 1. The van der Waals surface area contributed by atoms with Gasteiger partial charge in [-0.2, -0.15) is 0 Å². The number of methoxy groups -OCH3 is 1. The summed E-state index contributed by atoms with van der Waals surface area (Å²) in [4.78, 5) is 19.1. The third-order valence-corrected chi connectivity index (χ3v) is 3.32. The zero-order valence-electron chi connectivity index (χ0n) is 12.8. The predicted molar refractivity (Wildman–Crippen MR) is 89.3 cm³/mol. The number of anilines is 2. The summed E-state index contributed by atoms with van der Waals surface area (Å²) in [5.74, 6) is 0.121. The Morgan fingerprint density at radius 1 is 1.25 bits per heavy atom. The van der Waals surface area contributed by atoms with Crippen molar-refractivity contribution in [3.05, 3.63) is 71.7 Å². The van der Waals surface area contributed by atoms with Gasteiger partial charge in [0.1, 0.15) is 0 Å². The van der Waals surface area contributed by atoms with E-state index in [4.69, 9.17) is 15.7 Å². The Balaban J connectivity index is 1.80. The van der Waals surface area contributed by atoms with Crippen LogP contribution in [0, 0.1) is 6.57 Å². The third-order valence-electron chi connectivity index (χ3n) is 3.32. The highest BCUT2D eigenvalue weighted by Gasteiger charge is 2.10. The van der Waals surface area contributed by atoms with Crippen LogP contribution in [-0.4, -0.2) is 18.1 Å². The number of nitrogens with zero attached hydrogens (tertiary/aromatic N) is 2. The smallest absolute Gasteiger partial charge is 0.337 e. The second kappa shape index (κ2) is 6.67. The molecule has 0 bridgehead atoms. The van der Waals surface area contributed by atoms with Crippen molar-refractivity contribution in [3.63, 3.8) is 0 Å². The first-order valence-electron chi connectivity index (χ1n) is 7.09. The van der Waals surface area contributed by atoms with Crippen LogP contribution < -0.4 is 5.32 Å². The highest BCUT2D eigenvalue weighted by molar-refractivity contribution is 5.90. The Bertz CT molecular complexity index is 908. The molecule has 0 aliphatic heterocycles. The largest absolute Gasteiger partial charge is 0.465 e. The topological polar surface area (TPSA) is 68.7 Å². The fourth-order valence-corrected chi connectivity index (χ4v) is 2.13. The lowest BCUT2D eigenvalue weighted by Crippen LogP contribution is -2.00. The molecular formula is C18H13N3O3. The van der Waals surface area contributed by atoms with Gasteiger partial charge < -0.3 is 14.5 Å². The van der Waals surface area contributed by atoms with E-state index in [0.717, 1.165) is 11.3 Å². The molecule has 0 fully saturated rings. The molecule has 0 saturated carbocycles. The average Bonchev–Trinajstić information content (AvgIpc) is 3.10. The average molecular weight is 319 g/mol. The van der Waals surface area contributed by atoms with E-state index in [0.29, 0.717) is 23.0 Å². The van der Waals surface area contributed by atoms with Crippen LogP contribution in [0.1, 0.15) is 10.4 Å². The molecule has 0 unspecified atom stereocenters. The van der Waals surface area contributed by atoms with Crippen LogP contribution in [0.5, 0.6) is 0 Å². The van der Waals surface area contributed by atoms with Crippen LogP contribution in [0.3, 0.4) is 0 Å². The number of hydrogen-bond donors (Lipinski definition) is 1. The molecule has 1 heterocycles. The number of rotatable bonds is 4. The quantitative estimate of drug-likeness (QED) is 0.569. The predicted octanol–water partition coefficient (Wildman–Crippen LogP) is 4.42. The summed E-state index contributed by atoms with van der Waals surface area (Å²) in [6.07, 6.45) is 1.58. The summed E-state index contributed by atoms with van der Waals surface area (Å²) < 4.78 is 10.4. The van der Waals surface area contributed by atoms with E-state index in [2.05, 4.69) is 15.1 Å². The third kappa shape index (κ3) is 3.25. The fourth-order valence-electron chi connectivity index (χ4n) is 2.13. The number of carbonyl (C=O) groups excluding carboxylic acids is 1. The molecule has 3 aromatic rings. The molecule has 2 aromatic carbocycles. The zero-order chi connectivity index (χ0) is 16.9. The molecule has 6 nitrogen and oxygen atoms in total. The van der Waals surface area contributed by atoms with E-state index in [1.807, 2.05) is 6.07 Å². The van der Waals surface area contributed by atoms with E-state index < -0.39 is 5.97 Å². The van der Waals surface area contributed by atoms with Crippen molar-refractivity contribution in [2.24, 2.45) is 0 Å². The van der Waals surface area contributed by atoms with Crippen molar-refractivity contribution in [2.45, 2.75) is 0 Å². The van der Waals surface area contributed by atoms with Gasteiger partial charge in [-0.15, -0.1) is 0 Å². The van der Waals surface area contributed by atoms with Crippen molar-refractivity contribution in [1.29, 1.82) is 0 Å². The molecule has 1 N–H and O–H groups in total. The minimum Gasteiger partial charge on any atom is -0.465 e. The lowest BCUT2D eigenvalue weighted by molar-refractivity contribution is 0.0601. The van der Waals surface area contributed by atoms with Crippen LogP contribution in [0.25, 0.3) is 16.2 Å². The number of ether oxygens (including phenoxy) is 1. The minimum atomic E-state index is -0.408. The molecule has 1 aromatic heterocycles. The number of hydrogen-bond acceptors (Lipinski definition) is 5. The van der Waals surface area contributed by atoms with Crippen LogP contribution >= 0.6 is 0 Å². The molecule has 24 heavy (non-hydrogen) atoms. The van der Waals surface area contributed by atoms with Gasteiger partial charge in [0.05, 0.1) is 25.4 Å². The van der Waals surface area contributed by atoms with Gasteiger partial charge in [0, 0.05) is 11.3 Å². The molecule has 3 rings (SSSR count). The summed E-state index contributed by atoms with van der Waals surface area (Å²) in [5, 5.41) is 3.02. The molecular weight excluding hydrogens is 306 g/mol. The number of carbonyl (C=O) groups is 1. The second-order valence-electron chi connectivity index (χ2n) is 4.89. The number of oxazole rings is 1. The normalized spacial score (nSPS) is 10.0. The van der Waals surface area contributed by atoms with Crippen molar-refractivity contribution in [2.75, 3.05) is 12.4 Å². The summed E-state index contributed by atoms with van der Waals surface area (Å²) in [6, 6.07) is 14.2. The molecule has 118 valence electrons. The Morgan fingerprint density at radius 3 is 2.75 bits per heavy atom. The Morgan fingerprint density at radius 2 is 2.04 bits per heavy atom. The van der Waals surface area contributed by atoms with Crippen molar-refractivity contribution in [1.82, 2.24) is 4.98 Å². The van der Waals surface area contributed by atoms with Crippen molar-refractivity contribution in [3.8, 4) is 11.3 Å². The van der Waals surface area contributed by atoms with E-state index in [-0.39, 0.29) is 0 Å².